The summed E-state index contributed by atoms with van der Waals surface area (Å²) in [6.07, 6.45) is 3.44. The Kier molecular flexibility index (Phi) is 4.62. The van der Waals surface area contributed by atoms with E-state index in [1.165, 1.54) is 12.8 Å². The van der Waals surface area contributed by atoms with Crippen LogP contribution in [0.25, 0.3) is 0 Å². The first-order valence-electron chi connectivity index (χ1n) is 6.35. The molecular weight excluding hydrogens is 186 g/mol. The van der Waals surface area contributed by atoms with Crippen LogP contribution in [0.2, 0.25) is 0 Å². The molecule has 0 aromatic rings. The highest BCUT2D eigenvalue weighted by atomic mass is 16.2. The Hall–Kier alpha value is -0.530. The third-order valence-corrected chi connectivity index (χ3v) is 3.75. The van der Waals surface area contributed by atoms with Crippen LogP contribution in [0.3, 0.4) is 0 Å². The minimum absolute atomic E-state index is 0.205. The monoisotopic (exact) mass is 211 g/mol. The van der Waals surface area contributed by atoms with Crippen LogP contribution >= 0.6 is 0 Å². The van der Waals surface area contributed by atoms with Crippen molar-refractivity contribution in [1.82, 2.24) is 4.90 Å². The average Bonchev–Trinajstić information content (AvgIpc) is 2.27. The highest BCUT2D eigenvalue weighted by Crippen LogP contribution is 2.24. The second kappa shape index (κ2) is 5.53. The minimum atomic E-state index is 0.205. The number of hydrogen-bond acceptors (Lipinski definition) is 1. The van der Waals surface area contributed by atoms with Gasteiger partial charge >= 0.3 is 0 Å². The van der Waals surface area contributed by atoms with Gasteiger partial charge in [0.25, 0.3) is 0 Å². The number of carbonyl (C=O) groups is 1. The summed E-state index contributed by atoms with van der Waals surface area (Å²) < 4.78 is 0. The lowest BCUT2D eigenvalue weighted by Gasteiger charge is -2.36. The highest BCUT2D eigenvalue weighted by molar-refractivity contribution is 5.78. The van der Waals surface area contributed by atoms with E-state index >= 15 is 0 Å². The first-order valence-corrected chi connectivity index (χ1v) is 6.35. The van der Waals surface area contributed by atoms with Crippen molar-refractivity contribution in [3.63, 3.8) is 0 Å². The maximum absolute atomic E-state index is 12.0. The van der Waals surface area contributed by atoms with Crippen LogP contribution in [0, 0.1) is 17.8 Å². The molecule has 0 saturated carbocycles. The van der Waals surface area contributed by atoms with E-state index in [0.717, 1.165) is 19.5 Å². The van der Waals surface area contributed by atoms with Crippen molar-refractivity contribution in [1.29, 1.82) is 0 Å². The molecule has 1 aliphatic heterocycles. The molecule has 0 aromatic carbocycles. The van der Waals surface area contributed by atoms with Crippen LogP contribution in [0.15, 0.2) is 0 Å². The molecule has 2 nitrogen and oxygen atoms in total. The van der Waals surface area contributed by atoms with Gasteiger partial charge in [0, 0.05) is 19.0 Å². The number of likely N-dealkylation sites (tertiary alicyclic amines) is 1. The van der Waals surface area contributed by atoms with E-state index in [1.54, 1.807) is 0 Å². The van der Waals surface area contributed by atoms with Gasteiger partial charge in [0.1, 0.15) is 0 Å². The molecule has 0 aliphatic carbocycles. The molecule has 1 aliphatic rings. The van der Waals surface area contributed by atoms with Gasteiger partial charge < -0.3 is 4.90 Å². The second-order valence-corrected chi connectivity index (χ2v) is 5.24. The molecule has 2 atom stereocenters. The van der Waals surface area contributed by atoms with Crippen molar-refractivity contribution < 1.29 is 4.79 Å². The fourth-order valence-electron chi connectivity index (χ4n) is 2.24. The standard InChI is InChI=1S/C13H25NO/c1-5-11(4)13(15)14-8-6-7-12(9-14)10(2)3/h10-12H,5-9H2,1-4H3/t11-,12?/m1/s1. The zero-order chi connectivity index (χ0) is 11.4. The van der Waals surface area contributed by atoms with Gasteiger partial charge in [0.2, 0.25) is 5.91 Å². The van der Waals surface area contributed by atoms with Crippen molar-refractivity contribution in [2.24, 2.45) is 17.8 Å². The van der Waals surface area contributed by atoms with Crippen molar-refractivity contribution >= 4 is 5.91 Å². The third-order valence-electron chi connectivity index (χ3n) is 3.75. The Bertz CT molecular complexity index is 213. The fourth-order valence-corrected chi connectivity index (χ4v) is 2.24. The molecule has 1 fully saturated rings. The number of hydrogen-bond donors (Lipinski definition) is 0. The molecule has 88 valence electrons. The predicted molar refractivity (Wildman–Crippen MR) is 63.6 cm³/mol. The quantitative estimate of drug-likeness (QED) is 0.703. The topological polar surface area (TPSA) is 20.3 Å². The summed E-state index contributed by atoms with van der Waals surface area (Å²) in [6, 6.07) is 0. The molecule has 1 saturated heterocycles. The van der Waals surface area contributed by atoms with Gasteiger partial charge in [0.05, 0.1) is 0 Å². The molecule has 0 radical (unpaired) electrons. The van der Waals surface area contributed by atoms with Gasteiger partial charge in [0.15, 0.2) is 0 Å². The van der Waals surface area contributed by atoms with Crippen molar-refractivity contribution in [2.75, 3.05) is 13.1 Å². The van der Waals surface area contributed by atoms with E-state index in [1.807, 2.05) is 6.92 Å². The predicted octanol–water partition coefficient (Wildman–Crippen LogP) is 2.93. The van der Waals surface area contributed by atoms with Gasteiger partial charge in [-0.3, -0.25) is 4.79 Å². The van der Waals surface area contributed by atoms with Crippen LogP contribution in [0.5, 0.6) is 0 Å². The zero-order valence-corrected chi connectivity index (χ0v) is 10.6. The maximum Gasteiger partial charge on any atom is 0.225 e. The zero-order valence-electron chi connectivity index (χ0n) is 10.6. The van der Waals surface area contributed by atoms with Gasteiger partial charge in [-0.1, -0.05) is 27.7 Å². The van der Waals surface area contributed by atoms with Gasteiger partial charge in [-0.15, -0.1) is 0 Å². The van der Waals surface area contributed by atoms with Crippen molar-refractivity contribution in [2.45, 2.75) is 47.0 Å². The Morgan fingerprint density at radius 3 is 2.60 bits per heavy atom. The molecular formula is C13H25NO. The Morgan fingerprint density at radius 1 is 1.40 bits per heavy atom. The van der Waals surface area contributed by atoms with Crippen molar-refractivity contribution in [3.8, 4) is 0 Å². The molecule has 1 unspecified atom stereocenters. The van der Waals surface area contributed by atoms with Crippen molar-refractivity contribution in [3.05, 3.63) is 0 Å². The molecule has 0 N–H and O–H groups in total. The molecule has 0 spiro atoms. The normalized spacial score (nSPS) is 24.3. The molecule has 1 heterocycles. The van der Waals surface area contributed by atoms with E-state index in [-0.39, 0.29) is 5.92 Å². The Labute approximate surface area is 94.0 Å². The second-order valence-electron chi connectivity index (χ2n) is 5.24. The smallest absolute Gasteiger partial charge is 0.225 e. The lowest BCUT2D eigenvalue weighted by Crippen LogP contribution is -2.43. The number of rotatable bonds is 3. The number of piperidine rings is 1. The molecule has 1 rings (SSSR count). The summed E-state index contributed by atoms with van der Waals surface area (Å²) in [5, 5.41) is 0. The number of nitrogens with zero attached hydrogens (tertiary/aromatic N) is 1. The van der Waals surface area contributed by atoms with Crippen LogP contribution in [0.1, 0.15) is 47.0 Å². The minimum Gasteiger partial charge on any atom is -0.342 e. The summed E-state index contributed by atoms with van der Waals surface area (Å²) in [6.45, 7) is 10.6. The highest BCUT2D eigenvalue weighted by Gasteiger charge is 2.27. The summed E-state index contributed by atoms with van der Waals surface area (Å²) >= 11 is 0. The van der Waals surface area contributed by atoms with E-state index in [0.29, 0.717) is 17.7 Å². The molecule has 1 amide bonds. The summed E-state index contributed by atoms with van der Waals surface area (Å²) in [4.78, 5) is 14.1. The van der Waals surface area contributed by atoms with E-state index < -0.39 is 0 Å². The van der Waals surface area contributed by atoms with Crippen LogP contribution in [-0.4, -0.2) is 23.9 Å². The van der Waals surface area contributed by atoms with Gasteiger partial charge in [-0.25, -0.2) is 0 Å². The Morgan fingerprint density at radius 2 is 2.07 bits per heavy atom. The van der Waals surface area contributed by atoms with E-state index in [2.05, 4.69) is 25.7 Å². The molecule has 0 bridgehead atoms. The fraction of sp³-hybridized carbons (Fsp3) is 0.923. The third kappa shape index (κ3) is 3.22. The summed E-state index contributed by atoms with van der Waals surface area (Å²) in [7, 11) is 0. The summed E-state index contributed by atoms with van der Waals surface area (Å²) in [5.74, 6) is 1.99. The lowest BCUT2D eigenvalue weighted by atomic mass is 9.87. The molecule has 2 heteroatoms. The largest absolute Gasteiger partial charge is 0.342 e. The Balaban J connectivity index is 2.52. The van der Waals surface area contributed by atoms with Crippen LogP contribution in [-0.2, 0) is 4.79 Å². The maximum atomic E-state index is 12.0. The lowest BCUT2D eigenvalue weighted by molar-refractivity contribution is -0.137. The van der Waals surface area contributed by atoms with Crippen LogP contribution < -0.4 is 0 Å². The number of carbonyl (C=O) groups excluding carboxylic acids is 1. The first-order chi connectivity index (χ1) is 7.06. The number of amides is 1. The molecule has 0 aromatic heterocycles. The van der Waals surface area contributed by atoms with Crippen LogP contribution in [0.4, 0.5) is 0 Å². The summed E-state index contributed by atoms with van der Waals surface area (Å²) in [5.41, 5.74) is 0. The molecule has 15 heavy (non-hydrogen) atoms. The van der Waals surface area contributed by atoms with E-state index in [9.17, 15) is 4.79 Å². The van der Waals surface area contributed by atoms with Gasteiger partial charge in [-0.2, -0.15) is 0 Å². The van der Waals surface area contributed by atoms with E-state index in [4.69, 9.17) is 0 Å². The SMILES string of the molecule is CC[C@@H](C)C(=O)N1CCCC(C(C)C)C1. The average molecular weight is 211 g/mol. The van der Waals surface area contributed by atoms with Gasteiger partial charge in [-0.05, 0) is 31.1 Å². The first kappa shape index (κ1) is 12.5.